The summed E-state index contributed by atoms with van der Waals surface area (Å²) in [5.74, 6) is -0.0520. The van der Waals surface area contributed by atoms with E-state index in [9.17, 15) is 12.8 Å². The number of rotatable bonds is 3. The van der Waals surface area contributed by atoms with Gasteiger partial charge in [0.15, 0.2) is 0 Å². The van der Waals surface area contributed by atoms with Gasteiger partial charge in [-0.3, -0.25) is 0 Å². The maximum Gasteiger partial charge on any atom is 0.246 e. The monoisotopic (exact) mass is 461 g/mol. The Morgan fingerprint density at radius 1 is 1.13 bits per heavy atom. The molecule has 0 saturated carbocycles. The van der Waals surface area contributed by atoms with Crippen LogP contribution in [0, 0.1) is 5.82 Å². The largest absolute Gasteiger partial charge is 0.495 e. The molecule has 0 aliphatic carbocycles. The molecule has 1 aromatic heterocycles. The molecule has 0 radical (unpaired) electrons. The van der Waals surface area contributed by atoms with Gasteiger partial charge in [0.25, 0.3) is 0 Å². The van der Waals surface area contributed by atoms with Crippen LogP contribution in [0.4, 0.5) is 10.1 Å². The number of hydrogen-bond acceptors (Lipinski definition) is 4. The first-order valence-corrected chi connectivity index (χ1v) is 11.8. The molecule has 1 spiro atoms. The van der Waals surface area contributed by atoms with Crippen LogP contribution >= 0.6 is 11.6 Å². The molecule has 1 saturated heterocycles. The minimum Gasteiger partial charge on any atom is -0.495 e. The van der Waals surface area contributed by atoms with E-state index in [0.29, 0.717) is 36.6 Å². The Hall–Kier alpha value is -2.55. The summed E-state index contributed by atoms with van der Waals surface area (Å²) in [7, 11) is -2.35. The Labute approximate surface area is 185 Å². The number of anilines is 1. The van der Waals surface area contributed by atoms with E-state index in [1.165, 1.54) is 29.6 Å². The number of halogens is 2. The summed E-state index contributed by atoms with van der Waals surface area (Å²) in [4.78, 5) is 0.0610. The molecule has 162 valence electrons. The van der Waals surface area contributed by atoms with E-state index >= 15 is 0 Å². The molecule has 3 aromatic rings. The molecule has 2 aromatic carbocycles. The van der Waals surface area contributed by atoms with Gasteiger partial charge in [-0.2, -0.15) is 4.31 Å². The molecule has 2 aliphatic heterocycles. The van der Waals surface area contributed by atoms with Gasteiger partial charge in [-0.1, -0.05) is 11.6 Å². The number of nitrogens with one attached hydrogen (secondary N) is 1. The van der Waals surface area contributed by atoms with Crippen molar-refractivity contribution < 1.29 is 17.5 Å². The van der Waals surface area contributed by atoms with Crippen LogP contribution in [0.25, 0.3) is 5.69 Å². The van der Waals surface area contributed by atoms with Gasteiger partial charge in [0.2, 0.25) is 10.0 Å². The molecule has 31 heavy (non-hydrogen) atoms. The van der Waals surface area contributed by atoms with Crippen LogP contribution in [0.1, 0.15) is 18.5 Å². The molecule has 0 unspecified atom stereocenters. The maximum atomic E-state index is 13.9. The molecule has 0 amide bonds. The van der Waals surface area contributed by atoms with Gasteiger partial charge < -0.3 is 14.6 Å². The number of hydrogen-bond donors (Lipinski definition) is 1. The van der Waals surface area contributed by atoms with Gasteiger partial charge in [0, 0.05) is 30.0 Å². The number of methoxy groups -OCH3 is 1. The van der Waals surface area contributed by atoms with E-state index in [1.54, 1.807) is 18.2 Å². The Balaban J connectivity index is 1.47. The molecule has 1 fully saturated rings. The topological polar surface area (TPSA) is 63.6 Å². The smallest absolute Gasteiger partial charge is 0.246 e. The molecule has 3 heterocycles. The maximum absolute atomic E-state index is 13.9. The third-order valence-corrected chi connectivity index (χ3v) is 8.31. The van der Waals surface area contributed by atoms with Crippen LogP contribution in [-0.2, 0) is 15.6 Å². The zero-order chi connectivity index (χ0) is 21.8. The highest BCUT2D eigenvalue weighted by molar-refractivity contribution is 7.89. The molecule has 0 bridgehead atoms. The first-order valence-electron chi connectivity index (χ1n) is 9.94. The normalized spacial score (nSPS) is 17.6. The van der Waals surface area contributed by atoms with Crippen molar-refractivity contribution in [1.29, 1.82) is 0 Å². The number of benzene rings is 2. The lowest BCUT2D eigenvalue weighted by Crippen LogP contribution is -2.51. The lowest BCUT2D eigenvalue weighted by molar-refractivity contribution is 0.247. The summed E-state index contributed by atoms with van der Waals surface area (Å²) in [6.45, 7) is 0.613. The second-order valence-electron chi connectivity index (χ2n) is 7.83. The Morgan fingerprint density at radius 2 is 1.90 bits per heavy atom. The van der Waals surface area contributed by atoms with Crippen molar-refractivity contribution >= 4 is 27.3 Å². The van der Waals surface area contributed by atoms with Crippen molar-refractivity contribution in [3.63, 3.8) is 0 Å². The Bertz CT molecular complexity index is 1270. The molecular formula is C22H21ClFN3O3S. The summed E-state index contributed by atoms with van der Waals surface area (Å²) < 4.78 is 49.4. The second kappa shape index (κ2) is 7.25. The van der Waals surface area contributed by atoms with Crippen LogP contribution in [-0.4, -0.2) is 37.5 Å². The fourth-order valence-electron chi connectivity index (χ4n) is 4.60. The van der Waals surface area contributed by atoms with E-state index in [2.05, 4.69) is 9.88 Å². The molecular weight excluding hydrogens is 441 g/mol. The third-order valence-electron chi connectivity index (χ3n) is 6.15. The molecule has 6 nitrogen and oxygen atoms in total. The Morgan fingerprint density at radius 3 is 2.65 bits per heavy atom. The lowest BCUT2D eigenvalue weighted by atomic mass is 9.83. The lowest BCUT2D eigenvalue weighted by Gasteiger charge is -2.45. The highest BCUT2D eigenvalue weighted by atomic mass is 35.5. The highest BCUT2D eigenvalue weighted by Crippen LogP contribution is 2.44. The fraction of sp³-hybridized carbons (Fsp3) is 0.273. The van der Waals surface area contributed by atoms with E-state index < -0.39 is 15.6 Å². The molecule has 0 atom stereocenters. The van der Waals surface area contributed by atoms with Crippen molar-refractivity contribution in [3.8, 4) is 11.4 Å². The summed E-state index contributed by atoms with van der Waals surface area (Å²) >= 11 is 6.06. The van der Waals surface area contributed by atoms with Crippen LogP contribution in [0.5, 0.6) is 5.75 Å². The van der Waals surface area contributed by atoms with Crippen LogP contribution in [0.15, 0.2) is 59.6 Å². The van der Waals surface area contributed by atoms with Crippen molar-refractivity contribution in [3.05, 3.63) is 71.3 Å². The van der Waals surface area contributed by atoms with E-state index in [0.717, 1.165) is 11.4 Å². The van der Waals surface area contributed by atoms with E-state index in [1.807, 2.05) is 18.3 Å². The van der Waals surface area contributed by atoms with Crippen LogP contribution in [0.3, 0.4) is 0 Å². The number of ether oxygens (including phenoxy) is 1. The molecule has 5 rings (SSSR count). The van der Waals surface area contributed by atoms with Crippen LogP contribution < -0.4 is 10.1 Å². The van der Waals surface area contributed by atoms with Gasteiger partial charge in [-0.15, -0.1) is 0 Å². The number of aromatic nitrogens is 1. The van der Waals surface area contributed by atoms with Crippen molar-refractivity contribution in [2.24, 2.45) is 0 Å². The first kappa shape index (κ1) is 20.4. The zero-order valence-corrected chi connectivity index (χ0v) is 18.4. The van der Waals surface area contributed by atoms with Gasteiger partial charge in [-0.25, -0.2) is 12.8 Å². The summed E-state index contributed by atoms with van der Waals surface area (Å²) in [5.41, 5.74) is 2.15. The number of fused-ring (bicyclic) bond motifs is 4. The minimum atomic E-state index is -3.78. The van der Waals surface area contributed by atoms with Gasteiger partial charge in [0.1, 0.15) is 16.5 Å². The highest BCUT2D eigenvalue weighted by Gasteiger charge is 2.44. The second-order valence-corrected chi connectivity index (χ2v) is 10.2. The predicted octanol–water partition coefficient (Wildman–Crippen LogP) is 4.38. The SMILES string of the molecule is COc1ccc(Cl)cc1S(=O)(=O)N1CCC2(CC1)Nc1cc(F)ccc1-n1cccc12. The molecule has 2 aliphatic rings. The number of piperidine rings is 1. The minimum absolute atomic E-state index is 0.0610. The van der Waals surface area contributed by atoms with Crippen LogP contribution in [0.2, 0.25) is 5.02 Å². The standard InChI is InChI=1S/C22H21ClFN3O3S/c1-30-19-7-4-15(23)13-20(19)31(28,29)26-11-8-22(9-12-26)21-3-2-10-27(21)18-6-5-16(24)14-17(18)25-22/h2-7,10,13-14,25H,8-9,11-12H2,1H3. The number of sulfonamides is 1. The fourth-order valence-corrected chi connectivity index (χ4v) is 6.46. The van der Waals surface area contributed by atoms with E-state index in [4.69, 9.17) is 16.3 Å². The third kappa shape index (κ3) is 3.21. The van der Waals surface area contributed by atoms with Crippen molar-refractivity contribution in [2.45, 2.75) is 23.3 Å². The van der Waals surface area contributed by atoms with Gasteiger partial charge in [0.05, 0.1) is 24.0 Å². The Kier molecular flexibility index (Phi) is 4.76. The quantitative estimate of drug-likeness (QED) is 0.628. The van der Waals surface area contributed by atoms with Gasteiger partial charge in [-0.05, 0) is 61.4 Å². The van der Waals surface area contributed by atoms with Crippen molar-refractivity contribution in [2.75, 3.05) is 25.5 Å². The molecule has 1 N–H and O–H groups in total. The first-order chi connectivity index (χ1) is 14.8. The number of nitrogens with zero attached hydrogens (tertiary/aromatic N) is 2. The predicted molar refractivity (Wildman–Crippen MR) is 117 cm³/mol. The van der Waals surface area contributed by atoms with Gasteiger partial charge >= 0.3 is 0 Å². The summed E-state index contributed by atoms with van der Waals surface area (Å²) in [6.07, 6.45) is 3.03. The summed E-state index contributed by atoms with van der Waals surface area (Å²) in [5, 5.41) is 3.84. The van der Waals surface area contributed by atoms with Crippen molar-refractivity contribution in [1.82, 2.24) is 8.87 Å². The van der Waals surface area contributed by atoms with E-state index in [-0.39, 0.29) is 16.5 Å². The average molecular weight is 462 g/mol. The molecule has 9 heteroatoms. The summed E-state index contributed by atoms with van der Waals surface area (Å²) in [6, 6.07) is 13.2. The average Bonchev–Trinajstić information content (AvgIpc) is 3.25. The zero-order valence-electron chi connectivity index (χ0n) is 16.8.